The number of hydrogen-bond donors (Lipinski definition) is 0. The molecule has 0 aliphatic carbocycles. The largest absolute Gasteiger partial charge is 0.497 e. The van der Waals surface area contributed by atoms with Crippen LogP contribution in [0.15, 0.2) is 59.7 Å². The van der Waals surface area contributed by atoms with Gasteiger partial charge in [0.1, 0.15) is 17.7 Å². The Morgan fingerprint density at radius 2 is 1.33 bits per heavy atom. The van der Waals surface area contributed by atoms with E-state index in [0.717, 1.165) is 43.3 Å². The molecule has 2 saturated heterocycles. The van der Waals surface area contributed by atoms with Gasteiger partial charge >= 0.3 is 11.8 Å². The van der Waals surface area contributed by atoms with Gasteiger partial charge < -0.3 is 24.2 Å². The van der Waals surface area contributed by atoms with Crippen LogP contribution in [-0.4, -0.2) is 77.3 Å². The molecule has 39 heavy (non-hydrogen) atoms. The third-order valence-electron chi connectivity index (χ3n) is 7.37. The van der Waals surface area contributed by atoms with E-state index < -0.39 is 5.60 Å². The number of methoxy groups -OCH3 is 1. The van der Waals surface area contributed by atoms with Crippen molar-refractivity contribution in [3.05, 3.63) is 65.3 Å². The predicted octanol–water partition coefficient (Wildman–Crippen LogP) is 3.94. The third-order valence-corrected chi connectivity index (χ3v) is 7.37. The monoisotopic (exact) mass is 534 g/mol. The SMILES string of the molecule is COc1ccc(N2CCN(c3ccc(-n4cnn(C5CCN(C(=O)OC(C)(C)C)CC5)c4=O)cc3)CC2)cc1. The van der Waals surface area contributed by atoms with E-state index in [1.165, 1.54) is 5.69 Å². The summed E-state index contributed by atoms with van der Waals surface area (Å²) in [6, 6.07) is 16.3. The Morgan fingerprint density at radius 1 is 0.821 bits per heavy atom. The normalized spacial score (nSPS) is 16.9. The number of amides is 1. The van der Waals surface area contributed by atoms with Crippen molar-refractivity contribution in [1.82, 2.24) is 19.2 Å². The van der Waals surface area contributed by atoms with Crippen LogP contribution in [0.3, 0.4) is 0 Å². The molecule has 0 saturated carbocycles. The molecular formula is C29H38N6O4. The second-order valence-corrected chi connectivity index (χ2v) is 11.1. The summed E-state index contributed by atoms with van der Waals surface area (Å²) < 4.78 is 13.9. The Kier molecular flexibility index (Phi) is 7.54. The van der Waals surface area contributed by atoms with E-state index in [2.05, 4.69) is 39.2 Å². The minimum atomic E-state index is -0.523. The van der Waals surface area contributed by atoms with E-state index in [-0.39, 0.29) is 17.8 Å². The van der Waals surface area contributed by atoms with E-state index in [4.69, 9.17) is 9.47 Å². The highest BCUT2D eigenvalue weighted by atomic mass is 16.6. The second kappa shape index (κ2) is 11.0. The van der Waals surface area contributed by atoms with Crippen LogP contribution in [0.2, 0.25) is 0 Å². The number of hydrogen-bond acceptors (Lipinski definition) is 7. The van der Waals surface area contributed by atoms with Crippen molar-refractivity contribution in [3.63, 3.8) is 0 Å². The Bertz CT molecular complexity index is 1310. The standard InChI is InChI=1S/C29H38N6O4/c1-29(2,3)39-28(37)33-15-13-25(14-16-33)35-27(36)34(21-30-35)24-7-5-22(6-8-24)31-17-19-32(20-18-31)23-9-11-26(38-4)12-10-23/h5-12,21,25H,13-20H2,1-4H3. The van der Waals surface area contributed by atoms with Crippen molar-refractivity contribution in [2.75, 3.05) is 56.2 Å². The highest BCUT2D eigenvalue weighted by Crippen LogP contribution is 2.25. The molecule has 5 rings (SSSR count). The van der Waals surface area contributed by atoms with Gasteiger partial charge in [0.05, 0.1) is 18.8 Å². The number of piperazine rings is 1. The molecule has 2 aliphatic rings. The number of rotatable bonds is 5. The molecule has 208 valence electrons. The van der Waals surface area contributed by atoms with Crippen molar-refractivity contribution >= 4 is 17.5 Å². The maximum Gasteiger partial charge on any atom is 0.410 e. The molecule has 0 atom stereocenters. The lowest BCUT2D eigenvalue weighted by atomic mass is 10.1. The van der Waals surface area contributed by atoms with Gasteiger partial charge in [-0.25, -0.2) is 18.8 Å². The highest BCUT2D eigenvalue weighted by Gasteiger charge is 2.29. The molecule has 10 heteroatoms. The van der Waals surface area contributed by atoms with Crippen molar-refractivity contribution in [2.24, 2.45) is 0 Å². The molecule has 1 amide bonds. The summed E-state index contributed by atoms with van der Waals surface area (Å²) in [5.74, 6) is 0.866. The minimum Gasteiger partial charge on any atom is -0.497 e. The van der Waals surface area contributed by atoms with Crippen LogP contribution in [0.5, 0.6) is 5.75 Å². The molecule has 0 radical (unpaired) electrons. The number of nitrogens with zero attached hydrogens (tertiary/aromatic N) is 6. The molecule has 0 unspecified atom stereocenters. The molecule has 0 spiro atoms. The second-order valence-electron chi connectivity index (χ2n) is 11.1. The molecule has 1 aromatic heterocycles. The van der Waals surface area contributed by atoms with Gasteiger partial charge in [-0.1, -0.05) is 0 Å². The van der Waals surface area contributed by atoms with Gasteiger partial charge in [-0.3, -0.25) is 0 Å². The van der Waals surface area contributed by atoms with E-state index in [9.17, 15) is 9.59 Å². The first-order valence-corrected chi connectivity index (χ1v) is 13.6. The predicted molar refractivity (Wildman–Crippen MR) is 151 cm³/mol. The van der Waals surface area contributed by atoms with Crippen LogP contribution in [0.1, 0.15) is 39.7 Å². The number of carbonyl (C=O) groups is 1. The molecule has 0 bridgehead atoms. The summed E-state index contributed by atoms with van der Waals surface area (Å²) in [5, 5.41) is 4.41. The third kappa shape index (κ3) is 6.05. The Balaban J connectivity index is 1.18. The number of benzene rings is 2. The van der Waals surface area contributed by atoms with Crippen molar-refractivity contribution < 1.29 is 14.3 Å². The van der Waals surface area contributed by atoms with Crippen LogP contribution >= 0.6 is 0 Å². The van der Waals surface area contributed by atoms with Crippen molar-refractivity contribution in [1.29, 1.82) is 0 Å². The molecule has 10 nitrogen and oxygen atoms in total. The van der Waals surface area contributed by atoms with Crippen molar-refractivity contribution in [2.45, 2.75) is 45.3 Å². The van der Waals surface area contributed by atoms with Crippen molar-refractivity contribution in [3.8, 4) is 11.4 Å². The summed E-state index contributed by atoms with van der Waals surface area (Å²) in [6.07, 6.45) is 2.61. The molecular weight excluding hydrogens is 496 g/mol. The fraction of sp³-hybridized carbons (Fsp3) is 0.483. The van der Waals surface area contributed by atoms with Gasteiger partial charge in [-0.05, 0) is 82.1 Å². The molecule has 3 heterocycles. The average Bonchev–Trinajstić information content (AvgIpc) is 3.33. The Labute approximate surface area is 229 Å². The zero-order valence-electron chi connectivity index (χ0n) is 23.2. The number of anilines is 2. The van der Waals surface area contributed by atoms with Gasteiger partial charge in [-0.2, -0.15) is 5.10 Å². The summed E-state index contributed by atoms with van der Waals surface area (Å²) in [5.41, 5.74) is 2.45. The Hall–Kier alpha value is -3.95. The van der Waals surface area contributed by atoms with E-state index in [1.54, 1.807) is 27.6 Å². The number of carbonyl (C=O) groups excluding carboxylic acids is 1. The van der Waals surface area contributed by atoms with Crippen LogP contribution in [-0.2, 0) is 4.74 Å². The topological polar surface area (TPSA) is 85.1 Å². The van der Waals surface area contributed by atoms with Crippen LogP contribution in [0, 0.1) is 0 Å². The summed E-state index contributed by atoms with van der Waals surface area (Å²) in [7, 11) is 1.68. The van der Waals surface area contributed by atoms with Crippen LogP contribution in [0.4, 0.5) is 16.2 Å². The summed E-state index contributed by atoms with van der Waals surface area (Å²) in [4.78, 5) is 32.0. The first-order chi connectivity index (χ1) is 18.7. The first-order valence-electron chi connectivity index (χ1n) is 13.6. The molecule has 2 aliphatic heterocycles. The van der Waals surface area contributed by atoms with Crippen LogP contribution in [0.25, 0.3) is 5.69 Å². The average molecular weight is 535 g/mol. The first kappa shape index (κ1) is 26.6. The molecule has 0 N–H and O–H groups in total. The van der Waals surface area contributed by atoms with Gasteiger partial charge in [-0.15, -0.1) is 0 Å². The van der Waals surface area contributed by atoms with Gasteiger partial charge in [0.15, 0.2) is 0 Å². The zero-order valence-corrected chi connectivity index (χ0v) is 23.2. The van der Waals surface area contributed by atoms with Gasteiger partial charge in [0.2, 0.25) is 0 Å². The van der Waals surface area contributed by atoms with E-state index >= 15 is 0 Å². The lowest BCUT2D eigenvalue weighted by molar-refractivity contribution is 0.0183. The molecule has 2 fully saturated rings. The molecule has 3 aromatic rings. The minimum absolute atomic E-state index is 0.0429. The zero-order chi connectivity index (χ0) is 27.6. The number of aromatic nitrogens is 3. The van der Waals surface area contributed by atoms with E-state index in [0.29, 0.717) is 25.9 Å². The Morgan fingerprint density at radius 3 is 1.85 bits per heavy atom. The lowest BCUT2D eigenvalue weighted by Gasteiger charge is -2.37. The van der Waals surface area contributed by atoms with Crippen LogP contribution < -0.4 is 20.2 Å². The maximum atomic E-state index is 13.2. The highest BCUT2D eigenvalue weighted by molar-refractivity contribution is 5.68. The number of piperidine rings is 1. The fourth-order valence-electron chi connectivity index (χ4n) is 5.20. The summed E-state index contributed by atoms with van der Waals surface area (Å²) >= 11 is 0. The fourth-order valence-corrected chi connectivity index (χ4v) is 5.20. The quantitative estimate of drug-likeness (QED) is 0.490. The number of likely N-dealkylation sites (tertiary alicyclic amines) is 1. The number of ether oxygens (including phenoxy) is 2. The maximum absolute atomic E-state index is 13.2. The summed E-state index contributed by atoms with van der Waals surface area (Å²) in [6.45, 7) is 10.4. The lowest BCUT2D eigenvalue weighted by Crippen LogP contribution is -2.46. The molecule has 2 aromatic carbocycles. The smallest absolute Gasteiger partial charge is 0.410 e. The van der Waals surface area contributed by atoms with Gasteiger partial charge in [0, 0.05) is 50.6 Å². The van der Waals surface area contributed by atoms with E-state index in [1.807, 2.05) is 45.0 Å². The van der Waals surface area contributed by atoms with Gasteiger partial charge in [0.25, 0.3) is 0 Å².